The maximum absolute atomic E-state index is 13.4. The molecule has 0 unspecified atom stereocenters. The molecule has 0 amide bonds. The molecule has 1 saturated heterocycles. The summed E-state index contributed by atoms with van der Waals surface area (Å²) in [6, 6.07) is 8.20. The third-order valence-corrected chi connectivity index (χ3v) is 5.38. The van der Waals surface area contributed by atoms with Crippen LogP contribution in [0.1, 0.15) is 0 Å². The van der Waals surface area contributed by atoms with Crippen LogP contribution >= 0.6 is 0 Å². The molecule has 1 aromatic heterocycles. The maximum Gasteiger partial charge on any atom is 0.239 e. The first kappa shape index (κ1) is 22.8. The lowest BCUT2D eigenvalue weighted by molar-refractivity contribution is -0.277. The molecule has 11 heteroatoms. The molecule has 0 spiro atoms. The molecule has 0 bridgehead atoms. The van der Waals surface area contributed by atoms with E-state index in [1.54, 1.807) is 0 Å². The number of fused-ring (bicyclic) bond motifs is 1. The van der Waals surface area contributed by atoms with E-state index in [0.29, 0.717) is 0 Å². The minimum atomic E-state index is -1.79. The van der Waals surface area contributed by atoms with Gasteiger partial charge in [0.1, 0.15) is 41.3 Å². The standard InChI is InChI=1S/C22H22O11/c1-30-12-7-6-11(25)14-16(27)21(19(32-20(12)14)9-2-4-10(24)5-3-9)33-22-18(29)17(28)15(26)13(8-23)31-22/h2-7,13,15,17-18,22-26,28-29H,8H2,1H3/t13-,15-,17+,18-,22-/m1/s1. The van der Waals surface area contributed by atoms with Gasteiger partial charge in [0, 0.05) is 5.56 Å². The summed E-state index contributed by atoms with van der Waals surface area (Å²) >= 11 is 0. The van der Waals surface area contributed by atoms with Gasteiger partial charge in [-0.05, 0) is 36.4 Å². The SMILES string of the molecule is COc1ccc(O)c2c(=O)c(O[C@H]3O[C@H](CO)[C@@H](O)[C@H](O)[C@H]3O)c(-c3ccc(O)cc3)oc12. The summed E-state index contributed by atoms with van der Waals surface area (Å²) in [6.45, 7) is -0.695. The van der Waals surface area contributed by atoms with E-state index in [4.69, 9.17) is 18.6 Å². The summed E-state index contributed by atoms with van der Waals surface area (Å²) in [7, 11) is 1.35. The first-order valence-electron chi connectivity index (χ1n) is 9.90. The molecule has 33 heavy (non-hydrogen) atoms. The van der Waals surface area contributed by atoms with Crippen LogP contribution in [0.3, 0.4) is 0 Å². The molecular formula is C22H22O11. The number of methoxy groups -OCH3 is 1. The second kappa shape index (κ2) is 8.89. The number of aromatic hydroxyl groups is 2. The highest BCUT2D eigenvalue weighted by molar-refractivity contribution is 5.91. The van der Waals surface area contributed by atoms with Gasteiger partial charge in [0.25, 0.3) is 0 Å². The Morgan fingerprint density at radius 2 is 1.67 bits per heavy atom. The quantitative estimate of drug-likeness (QED) is 0.302. The molecular weight excluding hydrogens is 440 g/mol. The summed E-state index contributed by atoms with van der Waals surface area (Å²) in [5.41, 5.74) is -0.629. The zero-order valence-corrected chi connectivity index (χ0v) is 17.3. The van der Waals surface area contributed by atoms with Crippen molar-refractivity contribution in [3.63, 3.8) is 0 Å². The number of rotatable bonds is 5. The zero-order valence-electron chi connectivity index (χ0n) is 17.3. The van der Waals surface area contributed by atoms with Gasteiger partial charge < -0.3 is 49.3 Å². The Kier molecular flexibility index (Phi) is 6.15. The molecule has 1 fully saturated rings. The number of phenolic OH excluding ortho intramolecular Hbond substituents is 2. The Bertz CT molecular complexity index is 1200. The number of benzene rings is 2. The Morgan fingerprint density at radius 3 is 2.30 bits per heavy atom. The predicted molar refractivity (Wildman–Crippen MR) is 112 cm³/mol. The monoisotopic (exact) mass is 462 g/mol. The highest BCUT2D eigenvalue weighted by Crippen LogP contribution is 2.39. The lowest BCUT2D eigenvalue weighted by atomic mass is 9.99. The van der Waals surface area contributed by atoms with Crippen molar-refractivity contribution in [1.82, 2.24) is 0 Å². The molecule has 6 N–H and O–H groups in total. The van der Waals surface area contributed by atoms with Gasteiger partial charge in [-0.1, -0.05) is 0 Å². The Morgan fingerprint density at radius 1 is 0.970 bits per heavy atom. The second-order valence-electron chi connectivity index (χ2n) is 7.44. The van der Waals surface area contributed by atoms with Crippen molar-refractivity contribution >= 4 is 11.0 Å². The van der Waals surface area contributed by atoms with Crippen LogP contribution in [0.15, 0.2) is 45.6 Å². The van der Waals surface area contributed by atoms with E-state index < -0.39 is 54.2 Å². The number of hydrogen-bond donors (Lipinski definition) is 6. The van der Waals surface area contributed by atoms with E-state index in [2.05, 4.69) is 0 Å². The lowest BCUT2D eigenvalue weighted by Crippen LogP contribution is -2.60. The summed E-state index contributed by atoms with van der Waals surface area (Å²) in [6.07, 6.45) is -8.10. The fourth-order valence-electron chi connectivity index (χ4n) is 3.59. The van der Waals surface area contributed by atoms with Crippen LogP contribution < -0.4 is 14.9 Å². The fourth-order valence-corrected chi connectivity index (χ4v) is 3.59. The number of aliphatic hydroxyl groups is 4. The van der Waals surface area contributed by atoms with E-state index in [1.807, 2.05) is 0 Å². The maximum atomic E-state index is 13.4. The normalized spacial score (nSPS) is 25.2. The lowest BCUT2D eigenvalue weighted by Gasteiger charge is -2.39. The van der Waals surface area contributed by atoms with Crippen molar-refractivity contribution in [2.75, 3.05) is 13.7 Å². The molecule has 5 atom stereocenters. The molecule has 1 aliphatic rings. The average Bonchev–Trinajstić information content (AvgIpc) is 2.81. The van der Waals surface area contributed by atoms with Gasteiger partial charge in [-0.15, -0.1) is 0 Å². The zero-order chi connectivity index (χ0) is 23.9. The van der Waals surface area contributed by atoms with Gasteiger partial charge in [0.2, 0.25) is 17.5 Å². The molecule has 4 rings (SSSR count). The summed E-state index contributed by atoms with van der Waals surface area (Å²) in [4.78, 5) is 13.4. The third-order valence-electron chi connectivity index (χ3n) is 5.38. The summed E-state index contributed by atoms with van der Waals surface area (Å²) in [5, 5.41) is 59.5. The van der Waals surface area contributed by atoms with Crippen molar-refractivity contribution < 1.29 is 49.3 Å². The van der Waals surface area contributed by atoms with Gasteiger partial charge in [0.05, 0.1) is 13.7 Å². The van der Waals surface area contributed by atoms with Crippen molar-refractivity contribution in [2.45, 2.75) is 30.7 Å². The highest BCUT2D eigenvalue weighted by Gasteiger charge is 2.45. The average molecular weight is 462 g/mol. The smallest absolute Gasteiger partial charge is 0.239 e. The van der Waals surface area contributed by atoms with Crippen LogP contribution in [-0.4, -0.2) is 75.1 Å². The molecule has 2 aromatic carbocycles. The summed E-state index contributed by atoms with van der Waals surface area (Å²) in [5.74, 6) is -0.947. The van der Waals surface area contributed by atoms with E-state index in [-0.39, 0.29) is 33.8 Å². The van der Waals surface area contributed by atoms with Crippen molar-refractivity contribution in [3.8, 4) is 34.3 Å². The van der Waals surface area contributed by atoms with Gasteiger partial charge in [0.15, 0.2) is 17.1 Å². The van der Waals surface area contributed by atoms with E-state index in [0.717, 1.165) is 0 Å². The van der Waals surface area contributed by atoms with Crippen LogP contribution in [0.5, 0.6) is 23.0 Å². The van der Waals surface area contributed by atoms with Crippen molar-refractivity contribution in [2.24, 2.45) is 0 Å². The van der Waals surface area contributed by atoms with Gasteiger partial charge in [-0.2, -0.15) is 0 Å². The number of hydrogen-bond acceptors (Lipinski definition) is 11. The van der Waals surface area contributed by atoms with Gasteiger partial charge >= 0.3 is 0 Å². The Labute approximate surface area is 186 Å². The van der Waals surface area contributed by atoms with Gasteiger partial charge in [-0.25, -0.2) is 0 Å². The van der Waals surface area contributed by atoms with E-state index in [9.17, 15) is 35.4 Å². The molecule has 176 valence electrons. The number of ether oxygens (including phenoxy) is 3. The van der Waals surface area contributed by atoms with Crippen LogP contribution in [0, 0.1) is 0 Å². The molecule has 2 heterocycles. The summed E-state index contributed by atoms with van der Waals surface area (Å²) < 4.78 is 22.1. The minimum Gasteiger partial charge on any atom is -0.508 e. The Hall–Kier alpha value is -3.35. The molecule has 1 aliphatic heterocycles. The van der Waals surface area contributed by atoms with E-state index >= 15 is 0 Å². The number of aliphatic hydroxyl groups excluding tert-OH is 4. The van der Waals surface area contributed by atoms with Crippen molar-refractivity contribution in [3.05, 3.63) is 46.6 Å². The number of phenols is 2. The largest absolute Gasteiger partial charge is 0.508 e. The van der Waals surface area contributed by atoms with Gasteiger partial charge in [-0.3, -0.25) is 4.79 Å². The molecule has 11 nitrogen and oxygen atoms in total. The third kappa shape index (κ3) is 3.96. The first-order valence-corrected chi connectivity index (χ1v) is 9.90. The fraction of sp³-hybridized carbons (Fsp3) is 0.318. The first-order chi connectivity index (χ1) is 15.8. The highest BCUT2D eigenvalue weighted by atomic mass is 16.7. The van der Waals surface area contributed by atoms with Crippen LogP contribution in [0.25, 0.3) is 22.3 Å². The predicted octanol–water partition coefficient (Wildman–Crippen LogP) is 0.0585. The van der Waals surface area contributed by atoms with Crippen LogP contribution in [-0.2, 0) is 4.74 Å². The topological polar surface area (TPSA) is 179 Å². The molecule has 0 radical (unpaired) electrons. The minimum absolute atomic E-state index is 0.0477. The van der Waals surface area contributed by atoms with Crippen LogP contribution in [0.4, 0.5) is 0 Å². The second-order valence-corrected chi connectivity index (χ2v) is 7.44. The van der Waals surface area contributed by atoms with Crippen LogP contribution in [0.2, 0.25) is 0 Å². The molecule has 0 saturated carbocycles. The van der Waals surface area contributed by atoms with E-state index in [1.165, 1.54) is 43.5 Å². The Balaban J connectivity index is 1.91. The molecule has 3 aromatic rings. The molecule has 0 aliphatic carbocycles. The van der Waals surface area contributed by atoms with Crippen molar-refractivity contribution in [1.29, 1.82) is 0 Å².